The molecule has 3 aromatic rings. The number of nitrogen functional groups attached to an aromatic ring is 1. The zero-order valence-corrected chi connectivity index (χ0v) is 19.4. The van der Waals surface area contributed by atoms with Crippen LogP contribution in [0.4, 0.5) is 11.6 Å². The van der Waals surface area contributed by atoms with Gasteiger partial charge in [-0.2, -0.15) is 4.31 Å². The minimum Gasteiger partial charge on any atom is -0.384 e. The molecule has 2 saturated heterocycles. The minimum absolute atomic E-state index is 0.446. The van der Waals surface area contributed by atoms with Gasteiger partial charge >= 0.3 is 0 Å². The molecule has 0 aromatic carbocycles. The van der Waals surface area contributed by atoms with E-state index in [2.05, 4.69) is 14.8 Å². The van der Waals surface area contributed by atoms with Crippen LogP contribution in [0.25, 0.3) is 16.9 Å². The number of hydrogen-bond acceptors (Lipinski definition) is 9. The lowest BCUT2D eigenvalue weighted by atomic mass is 10.2. The van der Waals surface area contributed by atoms with Gasteiger partial charge in [0.15, 0.2) is 11.5 Å². The van der Waals surface area contributed by atoms with Gasteiger partial charge in [0, 0.05) is 70.0 Å². The lowest BCUT2D eigenvalue weighted by molar-refractivity contribution is 0.122. The molecule has 11 nitrogen and oxygen atoms in total. The molecule has 0 aliphatic carbocycles. The van der Waals surface area contributed by atoms with Crippen molar-refractivity contribution in [3.63, 3.8) is 0 Å². The van der Waals surface area contributed by atoms with Crippen LogP contribution in [-0.2, 0) is 21.3 Å². The van der Waals surface area contributed by atoms with Gasteiger partial charge in [0.05, 0.1) is 30.9 Å². The third-order valence-electron chi connectivity index (χ3n) is 6.04. The Bertz CT molecular complexity index is 1250. The fourth-order valence-corrected chi connectivity index (χ4v) is 5.12. The first-order valence-corrected chi connectivity index (χ1v) is 12.8. The maximum absolute atomic E-state index is 11.8. The Balaban J connectivity index is 1.45. The first-order valence-electron chi connectivity index (χ1n) is 11.0. The van der Waals surface area contributed by atoms with Gasteiger partial charge in [-0.15, -0.1) is 0 Å². The highest BCUT2D eigenvalue weighted by Gasteiger charge is 2.25. The number of nitrogens with two attached hydrogens (primary N) is 1. The number of ether oxygens (including phenoxy) is 1. The number of hydrogen-bond donors (Lipinski definition) is 1. The Kier molecular flexibility index (Phi) is 5.91. The Morgan fingerprint density at radius 1 is 1.06 bits per heavy atom. The normalized spacial score (nSPS) is 18.8. The lowest BCUT2D eigenvalue weighted by Gasteiger charge is -2.32. The molecule has 0 bridgehead atoms. The second kappa shape index (κ2) is 8.86. The molecular weight excluding hydrogens is 444 g/mol. The zero-order chi connectivity index (χ0) is 23.0. The van der Waals surface area contributed by atoms with E-state index in [1.807, 2.05) is 28.9 Å². The highest BCUT2D eigenvalue weighted by Crippen LogP contribution is 2.27. The molecular formula is C21H28N8O3S. The van der Waals surface area contributed by atoms with Crippen molar-refractivity contribution in [3.8, 4) is 11.3 Å². The number of anilines is 2. The van der Waals surface area contributed by atoms with Crippen LogP contribution >= 0.6 is 0 Å². The molecule has 2 aliphatic heterocycles. The van der Waals surface area contributed by atoms with E-state index >= 15 is 0 Å². The summed E-state index contributed by atoms with van der Waals surface area (Å²) in [6.07, 6.45) is 6.93. The van der Waals surface area contributed by atoms with Crippen LogP contribution in [0, 0.1) is 0 Å². The van der Waals surface area contributed by atoms with Gasteiger partial charge < -0.3 is 19.8 Å². The molecule has 0 unspecified atom stereocenters. The molecule has 0 radical (unpaired) electrons. The summed E-state index contributed by atoms with van der Waals surface area (Å²) in [7, 11) is -3.15. The number of rotatable bonds is 5. The lowest BCUT2D eigenvalue weighted by Crippen LogP contribution is -2.47. The summed E-state index contributed by atoms with van der Waals surface area (Å²) < 4.78 is 32.6. The van der Waals surface area contributed by atoms with E-state index in [4.69, 9.17) is 20.4 Å². The van der Waals surface area contributed by atoms with Crippen molar-refractivity contribution in [2.24, 2.45) is 0 Å². The van der Waals surface area contributed by atoms with E-state index in [0.717, 1.165) is 41.5 Å². The van der Waals surface area contributed by atoms with Crippen molar-refractivity contribution in [1.82, 2.24) is 28.6 Å². The number of fused-ring (bicyclic) bond motifs is 1. The van der Waals surface area contributed by atoms with Crippen LogP contribution < -0.4 is 10.6 Å². The molecule has 0 saturated carbocycles. The molecule has 33 heavy (non-hydrogen) atoms. The van der Waals surface area contributed by atoms with Crippen LogP contribution in [0.2, 0.25) is 0 Å². The van der Waals surface area contributed by atoms with E-state index in [1.165, 1.54) is 10.6 Å². The van der Waals surface area contributed by atoms with Gasteiger partial charge in [0.2, 0.25) is 10.0 Å². The standard InChI is InChI=1S/C21H28N8O3S/c1-33(30,31)29-6-4-26(5-7-29)13-17-14-28-15-18(16-2-3-23-19(22)12-16)25-21(20(28)24-17)27-8-10-32-11-9-27/h2-3,12,14-15H,4-11,13H2,1H3,(H2,22,23). The topological polar surface area (TPSA) is 122 Å². The van der Waals surface area contributed by atoms with E-state index in [1.54, 1.807) is 6.20 Å². The summed E-state index contributed by atoms with van der Waals surface area (Å²) in [6, 6.07) is 3.71. The molecule has 5 heterocycles. The number of imidazole rings is 1. The predicted molar refractivity (Wildman–Crippen MR) is 125 cm³/mol. The summed E-state index contributed by atoms with van der Waals surface area (Å²) in [5.41, 5.74) is 9.31. The van der Waals surface area contributed by atoms with Crippen LogP contribution in [0.1, 0.15) is 5.69 Å². The van der Waals surface area contributed by atoms with Crippen LogP contribution in [0.5, 0.6) is 0 Å². The third-order valence-corrected chi connectivity index (χ3v) is 7.35. The maximum Gasteiger partial charge on any atom is 0.211 e. The van der Waals surface area contributed by atoms with Crippen LogP contribution in [-0.4, -0.2) is 95.7 Å². The molecule has 0 atom stereocenters. The second-order valence-electron chi connectivity index (χ2n) is 8.42. The summed E-state index contributed by atoms with van der Waals surface area (Å²) in [6.45, 7) is 5.81. The summed E-state index contributed by atoms with van der Waals surface area (Å²) in [5.74, 6) is 1.27. The average Bonchev–Trinajstić information content (AvgIpc) is 3.21. The molecule has 5 rings (SSSR count). The van der Waals surface area contributed by atoms with E-state index < -0.39 is 10.0 Å². The number of nitrogens with zero attached hydrogens (tertiary/aromatic N) is 7. The van der Waals surface area contributed by atoms with E-state index in [9.17, 15) is 8.42 Å². The number of sulfonamides is 1. The second-order valence-corrected chi connectivity index (χ2v) is 10.4. The van der Waals surface area contributed by atoms with Crippen molar-refractivity contribution >= 4 is 27.3 Å². The molecule has 3 aromatic heterocycles. The SMILES string of the molecule is CS(=O)(=O)N1CCN(Cc2cn3cc(-c4ccnc(N)c4)nc(N4CCOCC4)c3n2)CC1. The number of piperazine rings is 1. The van der Waals surface area contributed by atoms with E-state index in [-0.39, 0.29) is 0 Å². The highest BCUT2D eigenvalue weighted by atomic mass is 32.2. The Morgan fingerprint density at radius 3 is 2.52 bits per heavy atom. The molecule has 2 fully saturated rings. The molecule has 2 N–H and O–H groups in total. The molecule has 0 spiro atoms. The molecule has 0 amide bonds. The third kappa shape index (κ3) is 4.78. The van der Waals surface area contributed by atoms with Gasteiger partial charge in [-0.25, -0.2) is 23.4 Å². The summed E-state index contributed by atoms with van der Waals surface area (Å²) >= 11 is 0. The molecule has 12 heteroatoms. The highest BCUT2D eigenvalue weighted by molar-refractivity contribution is 7.88. The monoisotopic (exact) mass is 472 g/mol. The summed E-state index contributed by atoms with van der Waals surface area (Å²) in [5, 5.41) is 0. The Labute approximate surface area is 192 Å². The fraction of sp³-hybridized carbons (Fsp3) is 0.476. The number of morpholine rings is 1. The van der Waals surface area contributed by atoms with E-state index in [0.29, 0.717) is 51.8 Å². The first kappa shape index (κ1) is 22.0. The van der Waals surface area contributed by atoms with Gasteiger partial charge in [-0.1, -0.05) is 0 Å². The van der Waals surface area contributed by atoms with Crippen molar-refractivity contribution in [1.29, 1.82) is 0 Å². The maximum atomic E-state index is 11.8. The van der Waals surface area contributed by atoms with Crippen molar-refractivity contribution in [2.45, 2.75) is 6.54 Å². The smallest absolute Gasteiger partial charge is 0.211 e. The predicted octanol–water partition coefficient (Wildman–Crippen LogP) is 0.287. The van der Waals surface area contributed by atoms with Gasteiger partial charge in [0.1, 0.15) is 5.82 Å². The quantitative estimate of drug-likeness (QED) is 0.558. The Hall–Kier alpha value is -2.80. The van der Waals surface area contributed by atoms with Crippen molar-refractivity contribution < 1.29 is 13.2 Å². The summed E-state index contributed by atoms with van der Waals surface area (Å²) in [4.78, 5) is 18.4. The van der Waals surface area contributed by atoms with Gasteiger partial charge in [-0.3, -0.25) is 4.90 Å². The van der Waals surface area contributed by atoms with Crippen LogP contribution in [0.3, 0.4) is 0 Å². The minimum atomic E-state index is -3.15. The number of pyridine rings is 1. The molecule has 2 aliphatic rings. The first-order chi connectivity index (χ1) is 15.9. The number of aromatic nitrogens is 4. The van der Waals surface area contributed by atoms with Crippen molar-refractivity contribution in [2.75, 3.05) is 69.4 Å². The molecule has 176 valence electrons. The largest absolute Gasteiger partial charge is 0.384 e. The van der Waals surface area contributed by atoms with Crippen LogP contribution in [0.15, 0.2) is 30.7 Å². The average molecular weight is 473 g/mol. The Morgan fingerprint density at radius 2 is 1.82 bits per heavy atom. The fourth-order valence-electron chi connectivity index (χ4n) is 4.29. The van der Waals surface area contributed by atoms with Gasteiger partial charge in [-0.05, 0) is 12.1 Å². The van der Waals surface area contributed by atoms with Crippen molar-refractivity contribution in [3.05, 3.63) is 36.4 Å². The van der Waals surface area contributed by atoms with Gasteiger partial charge in [0.25, 0.3) is 0 Å². The zero-order valence-electron chi connectivity index (χ0n) is 18.6.